The van der Waals surface area contributed by atoms with Crippen LogP contribution in [0.2, 0.25) is 0 Å². The third-order valence-electron chi connectivity index (χ3n) is 4.22. The number of halogens is 1. The summed E-state index contributed by atoms with van der Waals surface area (Å²) in [6, 6.07) is 7.78. The second-order valence-corrected chi connectivity index (χ2v) is 9.02. The first-order valence-corrected chi connectivity index (χ1v) is 10.9. The molecule has 166 valence electrons. The molecule has 0 aliphatic carbocycles. The average molecular weight is 544 g/mol. The lowest BCUT2D eigenvalue weighted by atomic mass is 9.98. The third kappa shape index (κ3) is 8.22. The zero-order valence-electron chi connectivity index (χ0n) is 18.8. The molecule has 0 unspecified atom stereocenters. The van der Waals surface area contributed by atoms with Crippen LogP contribution in [0.3, 0.4) is 0 Å². The van der Waals surface area contributed by atoms with Crippen molar-refractivity contribution in [2.24, 2.45) is 4.99 Å². The van der Waals surface area contributed by atoms with Crippen LogP contribution in [0.1, 0.15) is 54.3 Å². The molecule has 30 heavy (non-hydrogen) atoms. The fraction of sp³-hybridized carbons (Fsp3) is 0.500. The molecule has 0 atom stereocenters. The molecule has 1 amide bonds. The molecule has 1 aromatic carbocycles. The molecule has 1 heterocycles. The Morgan fingerprint density at radius 3 is 2.57 bits per heavy atom. The monoisotopic (exact) mass is 543 g/mol. The van der Waals surface area contributed by atoms with E-state index in [0.717, 1.165) is 41.7 Å². The van der Waals surface area contributed by atoms with Crippen LogP contribution in [0.4, 0.5) is 0 Å². The highest BCUT2D eigenvalue weighted by Gasteiger charge is 2.17. The lowest BCUT2D eigenvalue weighted by Crippen LogP contribution is -2.38. The Hall–Kier alpha value is -1.68. The van der Waals surface area contributed by atoms with Crippen molar-refractivity contribution < 1.29 is 4.79 Å². The van der Waals surface area contributed by atoms with Gasteiger partial charge in [-0.15, -0.1) is 35.3 Å². The summed E-state index contributed by atoms with van der Waals surface area (Å²) in [5.74, 6) is 0.797. The number of aromatic nitrogens is 1. The van der Waals surface area contributed by atoms with Gasteiger partial charge in [-0.3, -0.25) is 4.79 Å². The molecule has 2 N–H and O–H groups in total. The fourth-order valence-electron chi connectivity index (χ4n) is 2.67. The fourth-order valence-corrected chi connectivity index (χ4v) is 3.57. The average Bonchev–Trinajstić information content (AvgIpc) is 3.15. The number of aliphatic imine (C=N–C) groups is 1. The van der Waals surface area contributed by atoms with Gasteiger partial charge in [-0.1, -0.05) is 32.9 Å². The van der Waals surface area contributed by atoms with E-state index in [2.05, 4.69) is 41.8 Å². The number of hydrogen-bond donors (Lipinski definition) is 2. The number of hydrogen-bond acceptors (Lipinski definition) is 4. The third-order valence-corrected chi connectivity index (χ3v) is 5.54. The van der Waals surface area contributed by atoms with Crippen molar-refractivity contribution in [3.05, 3.63) is 51.5 Å². The molecule has 0 aliphatic rings. The Balaban J connectivity index is 0.00000450. The summed E-state index contributed by atoms with van der Waals surface area (Å²) in [4.78, 5) is 23.1. The Labute approximate surface area is 201 Å². The van der Waals surface area contributed by atoms with E-state index in [-0.39, 0.29) is 35.3 Å². The van der Waals surface area contributed by atoms with Gasteiger partial charge < -0.3 is 15.5 Å². The number of amides is 1. The minimum absolute atomic E-state index is 0. The molecule has 0 bridgehead atoms. The first-order chi connectivity index (χ1) is 13.7. The van der Waals surface area contributed by atoms with E-state index in [4.69, 9.17) is 4.98 Å². The molecule has 0 radical (unpaired) electrons. The summed E-state index contributed by atoms with van der Waals surface area (Å²) in [5, 5.41) is 9.86. The Bertz CT molecular complexity index is 842. The van der Waals surface area contributed by atoms with Gasteiger partial charge in [0.05, 0.1) is 17.2 Å². The lowest BCUT2D eigenvalue weighted by Gasteiger charge is -2.13. The van der Waals surface area contributed by atoms with E-state index in [1.165, 1.54) is 0 Å². The molecule has 0 saturated carbocycles. The lowest BCUT2D eigenvalue weighted by molar-refractivity contribution is 0.0827. The number of nitrogens with zero attached hydrogens (tertiary/aromatic N) is 3. The maximum atomic E-state index is 12.1. The number of guanidine groups is 1. The van der Waals surface area contributed by atoms with Gasteiger partial charge >= 0.3 is 0 Å². The SMILES string of the molecule is CCNC(=NCc1csc(C(C)(C)C)n1)NCCc1cccc(C(=O)N(C)C)c1.I. The molecule has 1 aromatic heterocycles. The van der Waals surface area contributed by atoms with Gasteiger partial charge in [0.2, 0.25) is 0 Å². The first kappa shape index (κ1) is 26.4. The summed E-state index contributed by atoms with van der Waals surface area (Å²) in [5.41, 5.74) is 2.89. The highest BCUT2D eigenvalue weighted by atomic mass is 127. The Kier molecular flexibility index (Phi) is 10.8. The van der Waals surface area contributed by atoms with Crippen LogP contribution in [0.5, 0.6) is 0 Å². The van der Waals surface area contributed by atoms with Crippen molar-refractivity contribution in [3.8, 4) is 0 Å². The molecule has 0 fully saturated rings. The molecular formula is C22H34IN5OS. The topological polar surface area (TPSA) is 69.6 Å². The van der Waals surface area contributed by atoms with Gasteiger partial charge in [0, 0.05) is 43.5 Å². The van der Waals surface area contributed by atoms with E-state index in [9.17, 15) is 4.79 Å². The van der Waals surface area contributed by atoms with E-state index in [1.54, 1.807) is 30.3 Å². The van der Waals surface area contributed by atoms with E-state index in [0.29, 0.717) is 12.1 Å². The number of carbonyl (C=O) groups is 1. The summed E-state index contributed by atoms with van der Waals surface area (Å²) < 4.78 is 0. The van der Waals surface area contributed by atoms with Crippen molar-refractivity contribution in [1.82, 2.24) is 20.5 Å². The summed E-state index contributed by atoms with van der Waals surface area (Å²) >= 11 is 1.69. The predicted octanol–water partition coefficient (Wildman–Crippen LogP) is 4.06. The largest absolute Gasteiger partial charge is 0.357 e. The number of thiazole rings is 1. The second-order valence-electron chi connectivity index (χ2n) is 8.17. The van der Waals surface area contributed by atoms with E-state index in [1.807, 2.05) is 31.2 Å². The van der Waals surface area contributed by atoms with Crippen LogP contribution < -0.4 is 10.6 Å². The summed E-state index contributed by atoms with van der Waals surface area (Å²) in [6.07, 6.45) is 0.809. The van der Waals surface area contributed by atoms with Gasteiger partial charge in [0.1, 0.15) is 0 Å². The molecule has 0 aliphatic heterocycles. The van der Waals surface area contributed by atoms with Gasteiger partial charge in [0.25, 0.3) is 5.91 Å². The van der Waals surface area contributed by atoms with Gasteiger partial charge in [-0.25, -0.2) is 9.98 Å². The van der Waals surface area contributed by atoms with Gasteiger partial charge in [0.15, 0.2) is 5.96 Å². The molecular weight excluding hydrogens is 509 g/mol. The molecule has 0 saturated heterocycles. The van der Waals surface area contributed by atoms with Crippen LogP contribution in [0.25, 0.3) is 0 Å². The maximum Gasteiger partial charge on any atom is 0.253 e. The summed E-state index contributed by atoms with van der Waals surface area (Å²) in [6.45, 7) is 10.6. The van der Waals surface area contributed by atoms with Crippen LogP contribution in [0, 0.1) is 0 Å². The normalized spacial score (nSPS) is 11.6. The highest BCUT2D eigenvalue weighted by molar-refractivity contribution is 14.0. The van der Waals surface area contributed by atoms with Crippen molar-refractivity contribution in [2.45, 2.75) is 46.1 Å². The minimum atomic E-state index is 0. The molecule has 8 heteroatoms. The van der Waals surface area contributed by atoms with Gasteiger partial charge in [-0.2, -0.15) is 0 Å². The first-order valence-electron chi connectivity index (χ1n) is 9.98. The zero-order chi connectivity index (χ0) is 21.4. The van der Waals surface area contributed by atoms with Crippen LogP contribution in [-0.2, 0) is 18.4 Å². The van der Waals surface area contributed by atoms with Crippen LogP contribution >= 0.6 is 35.3 Å². The molecule has 2 aromatic rings. The van der Waals surface area contributed by atoms with Gasteiger partial charge in [-0.05, 0) is 31.0 Å². The number of carbonyl (C=O) groups excluding carboxylic acids is 1. The highest BCUT2D eigenvalue weighted by Crippen LogP contribution is 2.25. The van der Waals surface area contributed by atoms with Crippen molar-refractivity contribution in [1.29, 1.82) is 0 Å². The Morgan fingerprint density at radius 2 is 1.97 bits per heavy atom. The number of rotatable bonds is 7. The molecule has 6 nitrogen and oxygen atoms in total. The molecule has 2 rings (SSSR count). The summed E-state index contributed by atoms with van der Waals surface area (Å²) in [7, 11) is 3.53. The second kappa shape index (κ2) is 12.2. The predicted molar refractivity (Wildman–Crippen MR) is 137 cm³/mol. The van der Waals surface area contributed by atoms with Crippen LogP contribution in [0.15, 0.2) is 34.6 Å². The Morgan fingerprint density at radius 1 is 1.23 bits per heavy atom. The minimum Gasteiger partial charge on any atom is -0.357 e. The van der Waals surface area contributed by atoms with Crippen LogP contribution in [-0.4, -0.2) is 48.9 Å². The smallest absolute Gasteiger partial charge is 0.253 e. The van der Waals surface area contributed by atoms with E-state index >= 15 is 0 Å². The number of nitrogens with one attached hydrogen (secondary N) is 2. The van der Waals surface area contributed by atoms with Crippen molar-refractivity contribution >= 4 is 47.2 Å². The number of benzene rings is 1. The zero-order valence-corrected chi connectivity index (χ0v) is 21.9. The van der Waals surface area contributed by atoms with Crippen molar-refractivity contribution in [2.75, 3.05) is 27.2 Å². The standard InChI is InChI=1S/C22H33N5OS.HI/c1-7-23-21(25-14-18-15-29-20(26-18)22(2,3)4)24-12-11-16-9-8-10-17(13-16)19(28)27(5)6;/h8-10,13,15H,7,11-12,14H2,1-6H3,(H2,23,24,25);1H. The van der Waals surface area contributed by atoms with E-state index < -0.39 is 0 Å². The van der Waals surface area contributed by atoms with Crippen molar-refractivity contribution in [3.63, 3.8) is 0 Å². The maximum absolute atomic E-state index is 12.1. The quantitative estimate of drug-likeness (QED) is 0.314. The molecule has 0 spiro atoms.